The summed E-state index contributed by atoms with van der Waals surface area (Å²) in [5.74, 6) is 0. The first-order valence-electron chi connectivity index (χ1n) is 8.49. The number of hydrogen-bond donors (Lipinski definition) is 2. The van der Waals surface area contributed by atoms with E-state index < -0.39 is 0 Å². The largest absolute Gasteiger partial charge is 0.331 e. The van der Waals surface area contributed by atoms with Crippen LogP contribution in [0.5, 0.6) is 0 Å². The molecule has 0 aromatic heterocycles. The van der Waals surface area contributed by atoms with Crippen molar-refractivity contribution < 1.29 is 14.6 Å². The first-order valence-corrected chi connectivity index (χ1v) is 9.25. The van der Waals surface area contributed by atoms with E-state index in [1.54, 1.807) is 25.1 Å². The van der Waals surface area contributed by atoms with E-state index in [0.29, 0.717) is 23.1 Å². The Morgan fingerprint density at radius 1 is 1.44 bits per heavy atom. The molecule has 3 atom stereocenters. The highest BCUT2D eigenvalue weighted by Gasteiger charge is 2.46. The van der Waals surface area contributed by atoms with Gasteiger partial charge in [-0.25, -0.2) is 10.0 Å². The highest BCUT2D eigenvalue weighted by Crippen LogP contribution is 2.35. The second-order valence-corrected chi connectivity index (χ2v) is 8.72. The van der Waals surface area contributed by atoms with Crippen molar-refractivity contribution in [2.45, 2.75) is 39.3 Å². The molecule has 0 bridgehead atoms. The molecule has 0 saturated carbocycles. The predicted molar refractivity (Wildman–Crippen MR) is 101 cm³/mol. The molecule has 140 valence electrons. The van der Waals surface area contributed by atoms with E-state index in [2.05, 4.69) is 19.2 Å². The first kappa shape index (κ1) is 20.3. The van der Waals surface area contributed by atoms with Crippen LogP contribution in [0.2, 0.25) is 10.0 Å². The van der Waals surface area contributed by atoms with Gasteiger partial charge in [0, 0.05) is 24.9 Å². The van der Waals surface area contributed by atoms with Crippen molar-refractivity contribution in [3.63, 3.8) is 0 Å². The van der Waals surface area contributed by atoms with Gasteiger partial charge in [0.05, 0.1) is 23.1 Å². The van der Waals surface area contributed by atoms with E-state index in [1.807, 2.05) is 19.1 Å². The molecule has 0 aliphatic carbocycles. The molecule has 0 radical (unpaired) electrons. The number of halogens is 2. The van der Waals surface area contributed by atoms with Crippen molar-refractivity contribution in [1.29, 1.82) is 0 Å². The molecule has 1 aromatic carbocycles. The normalized spacial score (nSPS) is 26.8. The van der Waals surface area contributed by atoms with Crippen LogP contribution in [0, 0.1) is 5.41 Å². The fourth-order valence-electron chi connectivity index (χ4n) is 3.93. The number of carbonyl (C=O) groups is 1. The molecule has 2 amide bonds. The molecular weight excluding hydrogens is 361 g/mol. The van der Waals surface area contributed by atoms with Crippen LogP contribution in [0.25, 0.3) is 0 Å². The number of quaternary nitrogens is 1. The van der Waals surface area contributed by atoms with Crippen LogP contribution in [0.3, 0.4) is 0 Å². The Labute approximate surface area is 160 Å². The maximum absolute atomic E-state index is 12.7. The SMILES string of the molecule is CC(NC(=O)N(C)C1CC[N+](C)(O)CC1(C)C)c1cccc(Cl)c1Cl. The van der Waals surface area contributed by atoms with Crippen molar-refractivity contribution in [2.75, 3.05) is 27.2 Å². The average Bonchev–Trinajstić information content (AvgIpc) is 2.47. The molecule has 0 spiro atoms. The Balaban J connectivity index is 2.09. The highest BCUT2D eigenvalue weighted by atomic mass is 35.5. The first-order chi connectivity index (χ1) is 11.4. The Kier molecular flexibility index (Phi) is 5.94. The highest BCUT2D eigenvalue weighted by molar-refractivity contribution is 6.42. The van der Waals surface area contributed by atoms with E-state index in [1.165, 1.54) is 0 Å². The third-order valence-corrected chi connectivity index (χ3v) is 5.94. The minimum absolute atomic E-state index is 0.00646. The van der Waals surface area contributed by atoms with Gasteiger partial charge in [0.2, 0.25) is 0 Å². The van der Waals surface area contributed by atoms with Gasteiger partial charge in [0.15, 0.2) is 0 Å². The molecule has 3 unspecified atom stereocenters. The summed E-state index contributed by atoms with van der Waals surface area (Å²) >= 11 is 12.3. The fraction of sp³-hybridized carbons (Fsp3) is 0.611. The van der Waals surface area contributed by atoms with Gasteiger partial charge in [-0.05, 0) is 18.6 Å². The number of amides is 2. The van der Waals surface area contributed by atoms with Crippen LogP contribution < -0.4 is 5.32 Å². The monoisotopic (exact) mass is 388 g/mol. The summed E-state index contributed by atoms with van der Waals surface area (Å²) in [4.78, 5) is 14.5. The summed E-state index contributed by atoms with van der Waals surface area (Å²) in [6.45, 7) is 7.29. The molecule has 7 heteroatoms. The Morgan fingerprint density at radius 3 is 2.68 bits per heavy atom. The maximum Gasteiger partial charge on any atom is 0.317 e. The van der Waals surface area contributed by atoms with Crippen molar-refractivity contribution in [1.82, 2.24) is 10.2 Å². The van der Waals surface area contributed by atoms with E-state index in [-0.39, 0.29) is 28.2 Å². The van der Waals surface area contributed by atoms with Crippen molar-refractivity contribution in [2.24, 2.45) is 5.41 Å². The molecular formula is C18H28Cl2N3O2+. The summed E-state index contributed by atoms with van der Waals surface area (Å²) in [7, 11) is 3.61. The molecule has 1 aromatic rings. The lowest BCUT2D eigenvalue weighted by atomic mass is 9.78. The molecule has 1 aliphatic rings. The molecule has 1 heterocycles. The fourth-order valence-corrected chi connectivity index (χ4v) is 4.40. The number of carbonyl (C=O) groups excluding carboxylic acids is 1. The number of hydrogen-bond acceptors (Lipinski definition) is 2. The van der Waals surface area contributed by atoms with Gasteiger partial charge in [-0.2, -0.15) is 4.65 Å². The van der Waals surface area contributed by atoms with Gasteiger partial charge in [0.1, 0.15) is 13.1 Å². The molecule has 1 aliphatic heterocycles. The quantitative estimate of drug-likeness (QED) is 0.756. The molecule has 2 rings (SSSR count). The molecule has 2 N–H and O–H groups in total. The van der Waals surface area contributed by atoms with Crippen LogP contribution in [-0.2, 0) is 0 Å². The second-order valence-electron chi connectivity index (χ2n) is 7.94. The number of nitrogens with zero attached hydrogens (tertiary/aromatic N) is 2. The van der Waals surface area contributed by atoms with Gasteiger partial charge < -0.3 is 10.2 Å². The van der Waals surface area contributed by atoms with Gasteiger partial charge in [-0.3, -0.25) is 0 Å². The zero-order chi connectivity index (χ0) is 19.0. The zero-order valence-corrected chi connectivity index (χ0v) is 17.0. The number of likely N-dealkylation sites (tertiary alicyclic amines) is 1. The van der Waals surface area contributed by atoms with Crippen LogP contribution in [0.15, 0.2) is 18.2 Å². The summed E-state index contributed by atoms with van der Waals surface area (Å²) in [6.07, 6.45) is 0.746. The lowest BCUT2D eigenvalue weighted by Crippen LogP contribution is -2.62. The summed E-state index contributed by atoms with van der Waals surface area (Å²) in [5, 5.41) is 14.2. The third kappa shape index (κ3) is 4.59. The number of rotatable bonds is 3. The Morgan fingerprint density at radius 2 is 2.08 bits per heavy atom. The number of piperidine rings is 1. The third-order valence-electron chi connectivity index (χ3n) is 5.11. The van der Waals surface area contributed by atoms with Gasteiger partial charge in [0.25, 0.3) is 0 Å². The Bertz CT molecular complexity index is 649. The second kappa shape index (κ2) is 7.31. The van der Waals surface area contributed by atoms with Crippen LogP contribution >= 0.6 is 23.2 Å². The van der Waals surface area contributed by atoms with Crippen molar-refractivity contribution in [3.05, 3.63) is 33.8 Å². The van der Waals surface area contributed by atoms with E-state index in [0.717, 1.165) is 12.0 Å². The van der Waals surface area contributed by atoms with Gasteiger partial charge >= 0.3 is 6.03 Å². The van der Waals surface area contributed by atoms with Gasteiger partial charge in [-0.1, -0.05) is 49.2 Å². The summed E-state index contributed by atoms with van der Waals surface area (Å²) < 4.78 is -0.00646. The topological polar surface area (TPSA) is 52.6 Å². The van der Waals surface area contributed by atoms with E-state index >= 15 is 0 Å². The number of nitrogens with one attached hydrogen (secondary N) is 1. The van der Waals surface area contributed by atoms with Crippen molar-refractivity contribution >= 4 is 29.2 Å². The molecule has 5 nitrogen and oxygen atoms in total. The smallest absolute Gasteiger partial charge is 0.317 e. The van der Waals surface area contributed by atoms with Crippen LogP contribution in [-0.4, -0.2) is 54.0 Å². The number of urea groups is 1. The molecule has 1 saturated heterocycles. The summed E-state index contributed by atoms with van der Waals surface area (Å²) in [5.41, 5.74) is 0.601. The van der Waals surface area contributed by atoms with Gasteiger partial charge in [-0.15, -0.1) is 0 Å². The lowest BCUT2D eigenvalue weighted by Gasteiger charge is -2.47. The standard InChI is InChI=1S/C18H27Cl2N3O2/c1-12(13-7-6-8-14(19)16(13)20)21-17(24)22(4)15-9-10-23(5,25)11-18(15,2)3/h6-8,12,15,25H,9-11H2,1-5H3/p+1. The molecule has 25 heavy (non-hydrogen) atoms. The lowest BCUT2D eigenvalue weighted by molar-refractivity contribution is -1.10. The Hall–Kier alpha value is -1.01. The van der Waals surface area contributed by atoms with E-state index in [4.69, 9.17) is 23.2 Å². The van der Waals surface area contributed by atoms with Crippen molar-refractivity contribution in [3.8, 4) is 0 Å². The average molecular weight is 389 g/mol. The zero-order valence-electron chi connectivity index (χ0n) is 15.5. The minimum atomic E-state index is -0.258. The molecule has 1 fully saturated rings. The number of benzene rings is 1. The maximum atomic E-state index is 12.7. The minimum Gasteiger partial charge on any atom is -0.331 e. The van der Waals surface area contributed by atoms with Crippen LogP contribution in [0.4, 0.5) is 4.79 Å². The summed E-state index contributed by atoms with van der Waals surface area (Å²) in [6, 6.07) is 5.04. The van der Waals surface area contributed by atoms with Crippen LogP contribution in [0.1, 0.15) is 38.8 Å². The van der Waals surface area contributed by atoms with E-state index in [9.17, 15) is 10.0 Å². The predicted octanol–water partition coefficient (Wildman–Crippen LogP) is 4.33. The number of hydroxylamine groups is 3.